The van der Waals surface area contributed by atoms with Crippen LogP contribution in [0.15, 0.2) is 0 Å². The van der Waals surface area contributed by atoms with E-state index in [0.717, 1.165) is 0 Å². The Morgan fingerprint density at radius 1 is 1.69 bits per heavy atom. The van der Waals surface area contributed by atoms with Crippen LogP contribution in [0.25, 0.3) is 0 Å². The van der Waals surface area contributed by atoms with Crippen molar-refractivity contribution in [2.24, 2.45) is 12.8 Å². The van der Waals surface area contributed by atoms with Crippen LogP contribution in [-0.2, 0) is 17.3 Å². The number of hydrogen-bond acceptors (Lipinski definition) is 3. The summed E-state index contributed by atoms with van der Waals surface area (Å²) in [6.07, 6.45) is 0.850. The summed E-state index contributed by atoms with van der Waals surface area (Å²) in [5.74, 6) is -0.868. The average Bonchev–Trinajstić information content (AvgIpc) is 2.36. The van der Waals surface area contributed by atoms with Gasteiger partial charge in [0.2, 0.25) is 0 Å². The summed E-state index contributed by atoms with van der Waals surface area (Å²) in [5, 5.41) is 13.9. The van der Waals surface area contributed by atoms with Gasteiger partial charge in [0.1, 0.15) is 10.6 Å². The van der Waals surface area contributed by atoms with Gasteiger partial charge in [0.05, 0.1) is 5.69 Å². The van der Waals surface area contributed by atoms with E-state index in [4.69, 9.17) is 17.3 Å². The highest BCUT2D eigenvalue weighted by Crippen LogP contribution is 2.47. The molecule has 1 aromatic heterocycles. The number of aliphatic carboxylic acids is 1. The van der Waals surface area contributed by atoms with Crippen molar-refractivity contribution in [2.45, 2.75) is 31.2 Å². The number of carboxylic acid groups (broad SMARTS) is 1. The van der Waals surface area contributed by atoms with Crippen molar-refractivity contribution in [3.63, 3.8) is 0 Å². The van der Waals surface area contributed by atoms with E-state index in [1.165, 1.54) is 4.68 Å². The van der Waals surface area contributed by atoms with Crippen LogP contribution in [0.2, 0.25) is 5.15 Å². The predicted octanol–water partition coefficient (Wildman–Crippen LogP) is 0.825. The van der Waals surface area contributed by atoms with E-state index >= 15 is 0 Å². The molecule has 88 valence electrons. The lowest BCUT2D eigenvalue weighted by Gasteiger charge is -2.42. The molecular formula is C10H14ClN3O2. The lowest BCUT2D eigenvalue weighted by atomic mass is 9.62. The molecule has 1 heterocycles. The average molecular weight is 244 g/mol. The molecule has 0 atom stereocenters. The molecule has 1 fully saturated rings. The Labute approximate surface area is 98.2 Å². The maximum absolute atomic E-state index is 11.4. The van der Waals surface area contributed by atoms with E-state index in [1.54, 1.807) is 14.0 Å². The van der Waals surface area contributed by atoms with Crippen molar-refractivity contribution in [3.8, 4) is 0 Å². The third kappa shape index (κ3) is 1.35. The number of aromatic nitrogens is 2. The molecule has 0 unspecified atom stereocenters. The van der Waals surface area contributed by atoms with Crippen molar-refractivity contribution >= 4 is 17.6 Å². The second-order valence-electron chi connectivity index (χ2n) is 4.43. The van der Waals surface area contributed by atoms with Crippen LogP contribution < -0.4 is 5.73 Å². The minimum atomic E-state index is -0.936. The van der Waals surface area contributed by atoms with Gasteiger partial charge >= 0.3 is 5.97 Å². The maximum atomic E-state index is 11.4. The van der Waals surface area contributed by atoms with Gasteiger partial charge in [-0.1, -0.05) is 11.6 Å². The quantitative estimate of drug-likeness (QED) is 0.806. The fourth-order valence-corrected chi connectivity index (χ4v) is 2.85. The number of rotatable bonds is 2. The zero-order valence-electron chi connectivity index (χ0n) is 9.20. The highest BCUT2D eigenvalue weighted by atomic mass is 35.5. The van der Waals surface area contributed by atoms with Crippen molar-refractivity contribution in [3.05, 3.63) is 16.4 Å². The van der Waals surface area contributed by atoms with E-state index in [9.17, 15) is 9.90 Å². The Balaban J connectivity index is 2.53. The first-order chi connectivity index (χ1) is 7.38. The zero-order valence-corrected chi connectivity index (χ0v) is 9.95. The van der Waals surface area contributed by atoms with Crippen molar-refractivity contribution < 1.29 is 9.90 Å². The lowest BCUT2D eigenvalue weighted by Crippen LogP contribution is -2.54. The summed E-state index contributed by atoms with van der Waals surface area (Å²) >= 11 is 6.10. The van der Waals surface area contributed by atoms with E-state index < -0.39 is 11.4 Å². The number of hydrogen-bond donors (Lipinski definition) is 2. The Bertz CT molecular complexity index is 449. The van der Waals surface area contributed by atoms with E-state index in [-0.39, 0.29) is 6.04 Å². The second kappa shape index (κ2) is 3.46. The summed E-state index contributed by atoms with van der Waals surface area (Å²) in [7, 11) is 1.70. The first-order valence-electron chi connectivity index (χ1n) is 5.07. The molecule has 1 aromatic rings. The molecule has 0 amide bonds. The van der Waals surface area contributed by atoms with Gasteiger partial charge in [0.25, 0.3) is 0 Å². The molecule has 6 heteroatoms. The molecule has 16 heavy (non-hydrogen) atoms. The molecule has 2 rings (SSSR count). The predicted molar refractivity (Wildman–Crippen MR) is 59.5 cm³/mol. The zero-order chi connectivity index (χ0) is 12.1. The smallest absolute Gasteiger partial charge is 0.314 e. The summed E-state index contributed by atoms with van der Waals surface area (Å²) in [4.78, 5) is 11.4. The highest BCUT2D eigenvalue weighted by molar-refractivity contribution is 6.30. The van der Waals surface area contributed by atoms with Crippen LogP contribution in [0.4, 0.5) is 0 Å². The Morgan fingerprint density at radius 2 is 2.25 bits per heavy atom. The second-order valence-corrected chi connectivity index (χ2v) is 4.79. The lowest BCUT2D eigenvalue weighted by molar-refractivity contribution is -0.148. The van der Waals surface area contributed by atoms with E-state index in [0.29, 0.717) is 29.3 Å². The SMILES string of the molecule is Cc1nn(C)c(Cl)c1C1(C(=O)O)CC(N)C1. The topological polar surface area (TPSA) is 81.1 Å². The van der Waals surface area contributed by atoms with Crippen LogP contribution in [0, 0.1) is 6.92 Å². The molecule has 0 bridgehead atoms. The molecule has 0 spiro atoms. The molecule has 1 saturated carbocycles. The van der Waals surface area contributed by atoms with Crippen LogP contribution in [-0.4, -0.2) is 26.9 Å². The molecule has 0 radical (unpaired) electrons. The molecule has 0 saturated heterocycles. The fraction of sp³-hybridized carbons (Fsp3) is 0.600. The Morgan fingerprint density at radius 3 is 2.56 bits per heavy atom. The largest absolute Gasteiger partial charge is 0.481 e. The molecule has 1 aliphatic rings. The third-order valence-corrected chi connectivity index (χ3v) is 3.70. The van der Waals surface area contributed by atoms with E-state index in [2.05, 4.69) is 5.10 Å². The summed E-state index contributed by atoms with van der Waals surface area (Å²) in [6, 6.07) is -0.0632. The third-order valence-electron chi connectivity index (χ3n) is 3.26. The van der Waals surface area contributed by atoms with Gasteiger partial charge in [-0.2, -0.15) is 5.10 Å². The highest BCUT2D eigenvalue weighted by Gasteiger charge is 2.53. The maximum Gasteiger partial charge on any atom is 0.314 e. The van der Waals surface area contributed by atoms with E-state index in [1.807, 2.05) is 0 Å². The Kier molecular flexibility index (Phi) is 2.47. The number of nitrogens with two attached hydrogens (primary N) is 1. The van der Waals surface area contributed by atoms with Gasteiger partial charge in [-0.15, -0.1) is 0 Å². The number of carbonyl (C=O) groups is 1. The number of aryl methyl sites for hydroxylation is 2. The van der Waals surface area contributed by atoms with Crippen molar-refractivity contribution in [1.82, 2.24) is 9.78 Å². The first-order valence-corrected chi connectivity index (χ1v) is 5.45. The van der Waals surface area contributed by atoms with Crippen molar-refractivity contribution in [1.29, 1.82) is 0 Å². The van der Waals surface area contributed by atoms with Gasteiger partial charge < -0.3 is 10.8 Å². The van der Waals surface area contributed by atoms with Gasteiger partial charge in [-0.25, -0.2) is 0 Å². The first kappa shape index (κ1) is 11.4. The monoisotopic (exact) mass is 243 g/mol. The number of halogens is 1. The van der Waals surface area contributed by atoms with Crippen molar-refractivity contribution in [2.75, 3.05) is 0 Å². The summed E-state index contributed by atoms with van der Waals surface area (Å²) in [6.45, 7) is 1.77. The number of carboxylic acids is 1. The van der Waals surface area contributed by atoms with Crippen LogP contribution in [0.3, 0.4) is 0 Å². The van der Waals surface area contributed by atoms with Gasteiger partial charge in [0.15, 0.2) is 0 Å². The van der Waals surface area contributed by atoms with Crippen LogP contribution >= 0.6 is 11.6 Å². The number of nitrogens with zero attached hydrogens (tertiary/aromatic N) is 2. The minimum absolute atomic E-state index is 0.0632. The van der Waals surface area contributed by atoms with Crippen LogP contribution in [0.1, 0.15) is 24.1 Å². The summed E-state index contributed by atoms with van der Waals surface area (Å²) < 4.78 is 1.50. The minimum Gasteiger partial charge on any atom is -0.481 e. The van der Waals surface area contributed by atoms with Crippen LogP contribution in [0.5, 0.6) is 0 Å². The van der Waals surface area contributed by atoms with Gasteiger partial charge in [-0.05, 0) is 19.8 Å². The normalized spacial score (nSPS) is 28.9. The molecule has 3 N–H and O–H groups in total. The standard InChI is InChI=1S/C10H14ClN3O2/c1-5-7(8(11)14(2)13-5)10(9(15)16)3-6(12)4-10/h6H,3-4,12H2,1-2H3,(H,15,16). The molecule has 1 aliphatic carbocycles. The molecule has 0 aromatic carbocycles. The van der Waals surface area contributed by atoms with Gasteiger partial charge in [0, 0.05) is 18.7 Å². The molecular weight excluding hydrogens is 230 g/mol. The fourth-order valence-electron chi connectivity index (χ4n) is 2.49. The van der Waals surface area contributed by atoms with Gasteiger partial charge in [-0.3, -0.25) is 9.48 Å². The molecule has 5 nitrogen and oxygen atoms in total. The summed E-state index contributed by atoms with van der Waals surface area (Å²) in [5.41, 5.74) is 6.05. The Hall–Kier alpha value is -1.07. The molecule has 0 aliphatic heterocycles.